The van der Waals surface area contributed by atoms with Gasteiger partial charge in [0, 0.05) is 6.04 Å². The van der Waals surface area contributed by atoms with Crippen molar-refractivity contribution in [2.24, 2.45) is 17.8 Å². The van der Waals surface area contributed by atoms with E-state index in [2.05, 4.69) is 11.9 Å². The largest absolute Gasteiger partial charge is 0.350 e. The summed E-state index contributed by atoms with van der Waals surface area (Å²) in [5.41, 5.74) is 0. The molecule has 0 spiro atoms. The van der Waals surface area contributed by atoms with Gasteiger partial charge in [0.05, 0.1) is 6.67 Å². The predicted octanol–water partition coefficient (Wildman–Crippen LogP) is 4.40. The summed E-state index contributed by atoms with van der Waals surface area (Å²) in [6.45, 7) is 3.35. The number of hydrogen-bond donors (Lipinski definition) is 1. The topological polar surface area (TPSA) is 29.1 Å². The van der Waals surface area contributed by atoms with Gasteiger partial charge in [-0.05, 0) is 75.2 Å². The fourth-order valence-corrected chi connectivity index (χ4v) is 4.31. The van der Waals surface area contributed by atoms with Crippen LogP contribution in [-0.4, -0.2) is 18.6 Å². The minimum absolute atomic E-state index is 0.0354. The van der Waals surface area contributed by atoms with Crippen LogP contribution in [0.4, 0.5) is 4.39 Å². The average molecular weight is 295 g/mol. The number of carbonyl (C=O) groups excluding carboxylic acids is 1. The van der Waals surface area contributed by atoms with E-state index in [1.54, 1.807) is 0 Å². The van der Waals surface area contributed by atoms with Crippen molar-refractivity contribution in [3.05, 3.63) is 12.7 Å². The second kappa shape index (κ2) is 8.55. The molecule has 0 heterocycles. The molecule has 21 heavy (non-hydrogen) atoms. The molecule has 1 amide bonds. The van der Waals surface area contributed by atoms with E-state index in [0.29, 0.717) is 6.04 Å². The van der Waals surface area contributed by atoms with Gasteiger partial charge < -0.3 is 5.32 Å². The van der Waals surface area contributed by atoms with Crippen LogP contribution in [0.15, 0.2) is 12.7 Å². The third-order valence-corrected chi connectivity index (χ3v) is 5.61. The Kier molecular flexibility index (Phi) is 6.72. The SMILES string of the molecule is C=CC(=O)NC1CCC(C2CCC(CCCF)CC2)CC1. The van der Waals surface area contributed by atoms with Crippen LogP contribution < -0.4 is 5.32 Å². The molecule has 0 bridgehead atoms. The number of carbonyl (C=O) groups is 1. The summed E-state index contributed by atoms with van der Waals surface area (Å²) in [7, 11) is 0. The van der Waals surface area contributed by atoms with E-state index in [9.17, 15) is 9.18 Å². The number of alkyl halides is 1. The lowest BCUT2D eigenvalue weighted by molar-refractivity contribution is -0.117. The van der Waals surface area contributed by atoms with Crippen LogP contribution in [0.2, 0.25) is 0 Å². The minimum atomic E-state index is -0.152. The van der Waals surface area contributed by atoms with Crippen LogP contribution in [0.1, 0.15) is 64.2 Å². The Bertz CT molecular complexity index is 328. The molecule has 2 rings (SSSR count). The molecule has 2 aliphatic carbocycles. The van der Waals surface area contributed by atoms with E-state index in [1.807, 2.05) is 0 Å². The van der Waals surface area contributed by atoms with Crippen molar-refractivity contribution in [1.82, 2.24) is 5.32 Å². The second-order valence-electron chi connectivity index (χ2n) is 6.94. The van der Waals surface area contributed by atoms with E-state index < -0.39 is 0 Å². The third-order valence-electron chi connectivity index (χ3n) is 5.61. The molecule has 3 heteroatoms. The summed E-state index contributed by atoms with van der Waals surface area (Å²) in [5.74, 6) is 2.47. The van der Waals surface area contributed by atoms with Crippen LogP contribution in [0.25, 0.3) is 0 Å². The molecule has 0 aromatic carbocycles. The molecular weight excluding hydrogens is 265 g/mol. The molecule has 1 N–H and O–H groups in total. The quantitative estimate of drug-likeness (QED) is 0.723. The zero-order valence-corrected chi connectivity index (χ0v) is 13.2. The van der Waals surface area contributed by atoms with Gasteiger partial charge in [0.15, 0.2) is 0 Å². The van der Waals surface area contributed by atoms with Crippen molar-refractivity contribution in [1.29, 1.82) is 0 Å². The highest BCUT2D eigenvalue weighted by Crippen LogP contribution is 2.40. The highest BCUT2D eigenvalue weighted by atomic mass is 19.1. The number of rotatable bonds is 6. The van der Waals surface area contributed by atoms with Crippen molar-refractivity contribution >= 4 is 5.91 Å². The minimum Gasteiger partial charge on any atom is -0.350 e. The fourth-order valence-electron chi connectivity index (χ4n) is 4.31. The summed E-state index contributed by atoms with van der Waals surface area (Å²) in [4.78, 5) is 11.3. The molecule has 0 saturated heterocycles. The van der Waals surface area contributed by atoms with Crippen molar-refractivity contribution in [2.75, 3.05) is 6.67 Å². The smallest absolute Gasteiger partial charge is 0.243 e. The molecule has 0 atom stereocenters. The van der Waals surface area contributed by atoms with Crippen molar-refractivity contribution in [3.8, 4) is 0 Å². The van der Waals surface area contributed by atoms with E-state index in [0.717, 1.165) is 43.4 Å². The first-order valence-electron chi connectivity index (χ1n) is 8.71. The first kappa shape index (κ1) is 16.5. The van der Waals surface area contributed by atoms with Crippen LogP contribution in [0.3, 0.4) is 0 Å². The lowest BCUT2D eigenvalue weighted by Crippen LogP contribution is -2.38. The van der Waals surface area contributed by atoms with E-state index in [-0.39, 0.29) is 12.6 Å². The molecular formula is C18H30FNO. The summed E-state index contributed by atoms with van der Waals surface area (Å²) in [6.07, 6.45) is 13.2. The van der Waals surface area contributed by atoms with E-state index in [4.69, 9.17) is 0 Å². The molecule has 0 aliphatic heterocycles. The maximum absolute atomic E-state index is 12.2. The Morgan fingerprint density at radius 3 is 2.14 bits per heavy atom. The predicted molar refractivity (Wildman–Crippen MR) is 84.7 cm³/mol. The molecule has 2 saturated carbocycles. The standard InChI is InChI=1S/C18H30FNO/c1-2-18(21)20-17-11-9-16(10-12-17)15-7-5-14(6-8-15)4-3-13-19/h2,14-17H,1,3-13H2,(H,20,21). The molecule has 0 aromatic rings. The molecule has 0 radical (unpaired) electrons. The summed E-state index contributed by atoms with van der Waals surface area (Å²) in [6, 6.07) is 0.354. The van der Waals surface area contributed by atoms with Gasteiger partial charge in [-0.3, -0.25) is 9.18 Å². The van der Waals surface area contributed by atoms with Crippen LogP contribution in [0.5, 0.6) is 0 Å². The molecule has 0 aromatic heterocycles. The summed E-state index contributed by atoms with van der Waals surface area (Å²) in [5, 5.41) is 3.03. The van der Waals surface area contributed by atoms with Gasteiger partial charge in [0.2, 0.25) is 5.91 Å². The normalized spacial score (nSPS) is 33.4. The van der Waals surface area contributed by atoms with Gasteiger partial charge in [-0.1, -0.05) is 19.4 Å². The van der Waals surface area contributed by atoms with Crippen molar-refractivity contribution in [2.45, 2.75) is 70.3 Å². The number of halogens is 1. The first-order chi connectivity index (χ1) is 10.2. The Balaban J connectivity index is 1.67. The van der Waals surface area contributed by atoms with Gasteiger partial charge in [-0.2, -0.15) is 0 Å². The van der Waals surface area contributed by atoms with Crippen molar-refractivity contribution < 1.29 is 9.18 Å². The van der Waals surface area contributed by atoms with Crippen LogP contribution >= 0.6 is 0 Å². The molecule has 2 fully saturated rings. The highest BCUT2D eigenvalue weighted by Gasteiger charge is 2.30. The van der Waals surface area contributed by atoms with Gasteiger partial charge >= 0.3 is 0 Å². The lowest BCUT2D eigenvalue weighted by atomic mass is 9.69. The van der Waals surface area contributed by atoms with Crippen molar-refractivity contribution in [3.63, 3.8) is 0 Å². The summed E-state index contributed by atoms with van der Waals surface area (Å²) >= 11 is 0. The van der Waals surface area contributed by atoms with Gasteiger partial charge in [-0.15, -0.1) is 0 Å². The third kappa shape index (κ3) is 5.12. The van der Waals surface area contributed by atoms with Crippen LogP contribution in [-0.2, 0) is 4.79 Å². The number of hydrogen-bond acceptors (Lipinski definition) is 1. The Morgan fingerprint density at radius 2 is 1.62 bits per heavy atom. The lowest BCUT2D eigenvalue weighted by Gasteiger charge is -2.38. The Labute approximate surface area is 128 Å². The Morgan fingerprint density at radius 1 is 1.05 bits per heavy atom. The van der Waals surface area contributed by atoms with Gasteiger partial charge in [-0.25, -0.2) is 0 Å². The van der Waals surface area contributed by atoms with E-state index >= 15 is 0 Å². The summed E-state index contributed by atoms with van der Waals surface area (Å²) < 4.78 is 12.2. The molecule has 2 nitrogen and oxygen atoms in total. The molecule has 120 valence electrons. The average Bonchev–Trinajstić information content (AvgIpc) is 2.54. The molecule has 2 aliphatic rings. The fraction of sp³-hybridized carbons (Fsp3) is 0.833. The first-order valence-corrected chi connectivity index (χ1v) is 8.71. The monoisotopic (exact) mass is 295 g/mol. The Hall–Kier alpha value is -0.860. The number of amides is 1. The zero-order valence-electron chi connectivity index (χ0n) is 13.2. The van der Waals surface area contributed by atoms with E-state index in [1.165, 1.54) is 44.6 Å². The highest BCUT2D eigenvalue weighted by molar-refractivity contribution is 5.87. The number of nitrogens with one attached hydrogen (secondary N) is 1. The van der Waals surface area contributed by atoms with Gasteiger partial charge in [0.25, 0.3) is 0 Å². The second-order valence-corrected chi connectivity index (χ2v) is 6.94. The van der Waals surface area contributed by atoms with Gasteiger partial charge in [0.1, 0.15) is 0 Å². The maximum Gasteiger partial charge on any atom is 0.243 e. The van der Waals surface area contributed by atoms with Crippen LogP contribution in [0, 0.1) is 17.8 Å². The maximum atomic E-state index is 12.2. The zero-order chi connectivity index (χ0) is 15.1. The molecule has 0 unspecified atom stereocenters.